The summed E-state index contributed by atoms with van der Waals surface area (Å²) in [6.07, 6.45) is 1.24. The summed E-state index contributed by atoms with van der Waals surface area (Å²) >= 11 is 11.7. The van der Waals surface area contributed by atoms with E-state index in [1.165, 1.54) is 11.9 Å². The van der Waals surface area contributed by atoms with Crippen molar-refractivity contribution in [3.63, 3.8) is 0 Å². The fourth-order valence-corrected chi connectivity index (χ4v) is 1.91. The highest BCUT2D eigenvalue weighted by Gasteiger charge is 2.12. The summed E-state index contributed by atoms with van der Waals surface area (Å²) in [4.78, 5) is 19.7. The maximum Gasteiger partial charge on any atom is 0.256 e. The molecule has 20 heavy (non-hydrogen) atoms. The molecule has 0 bridgehead atoms. The first-order valence-corrected chi connectivity index (χ1v) is 6.82. The number of benzene rings is 1. The van der Waals surface area contributed by atoms with Crippen LogP contribution >= 0.6 is 23.2 Å². The number of nitrogens with one attached hydrogen (secondary N) is 1. The van der Waals surface area contributed by atoms with Crippen molar-refractivity contribution in [1.29, 1.82) is 0 Å². The Morgan fingerprint density at radius 3 is 2.40 bits per heavy atom. The third-order valence-electron chi connectivity index (χ3n) is 2.82. The van der Waals surface area contributed by atoms with Gasteiger partial charge in [-0.2, -0.15) is 0 Å². The lowest BCUT2D eigenvalue weighted by molar-refractivity contribution is 0.102. The summed E-state index contributed by atoms with van der Waals surface area (Å²) in [6.45, 7) is 4.19. The second-order valence-corrected chi connectivity index (χ2v) is 5.29. The van der Waals surface area contributed by atoms with Crippen molar-refractivity contribution in [2.75, 3.05) is 5.32 Å². The van der Waals surface area contributed by atoms with Crippen LogP contribution in [0.1, 0.15) is 35.7 Å². The molecule has 4 nitrogen and oxygen atoms in total. The summed E-state index contributed by atoms with van der Waals surface area (Å²) < 4.78 is 0. The minimum Gasteiger partial charge on any atom is -0.305 e. The SMILES string of the molecule is CC(C)c1ccc(C(=O)Nc2ncnc(Cl)c2Cl)cc1. The highest BCUT2D eigenvalue weighted by Crippen LogP contribution is 2.25. The minimum absolute atomic E-state index is 0.104. The standard InChI is InChI=1S/C14H13Cl2N3O/c1-8(2)9-3-5-10(6-4-9)14(20)19-13-11(15)12(16)17-7-18-13/h3-8H,1-2H3,(H,17,18,19,20). The average molecular weight is 310 g/mol. The zero-order valence-electron chi connectivity index (χ0n) is 11.0. The monoisotopic (exact) mass is 309 g/mol. The Kier molecular flexibility index (Phi) is 4.57. The van der Waals surface area contributed by atoms with Crippen LogP contribution in [-0.4, -0.2) is 15.9 Å². The number of hydrogen-bond acceptors (Lipinski definition) is 3. The number of amides is 1. The maximum absolute atomic E-state index is 12.1. The average Bonchev–Trinajstić information content (AvgIpc) is 2.44. The van der Waals surface area contributed by atoms with Gasteiger partial charge < -0.3 is 5.32 Å². The van der Waals surface area contributed by atoms with Crippen molar-refractivity contribution in [3.05, 3.63) is 51.9 Å². The predicted molar refractivity (Wildman–Crippen MR) is 80.5 cm³/mol. The van der Waals surface area contributed by atoms with Crippen molar-refractivity contribution in [2.24, 2.45) is 0 Å². The summed E-state index contributed by atoms with van der Waals surface area (Å²) in [7, 11) is 0. The molecule has 1 aromatic carbocycles. The van der Waals surface area contributed by atoms with Crippen LogP contribution in [0.4, 0.5) is 5.82 Å². The van der Waals surface area contributed by atoms with E-state index in [1.54, 1.807) is 12.1 Å². The van der Waals surface area contributed by atoms with Gasteiger partial charge in [-0.3, -0.25) is 4.79 Å². The second kappa shape index (κ2) is 6.20. The Morgan fingerprint density at radius 1 is 1.15 bits per heavy atom. The molecule has 0 aliphatic heterocycles. The van der Waals surface area contributed by atoms with Crippen LogP contribution in [0.5, 0.6) is 0 Å². The third kappa shape index (κ3) is 3.26. The number of nitrogens with zero attached hydrogens (tertiary/aromatic N) is 2. The molecule has 0 spiro atoms. The van der Waals surface area contributed by atoms with E-state index in [-0.39, 0.29) is 21.9 Å². The number of anilines is 1. The molecule has 0 aliphatic carbocycles. The molecule has 1 amide bonds. The fraction of sp³-hybridized carbons (Fsp3) is 0.214. The molecule has 1 aromatic heterocycles. The normalized spacial score (nSPS) is 10.7. The first kappa shape index (κ1) is 14.8. The van der Waals surface area contributed by atoms with Gasteiger partial charge in [0.25, 0.3) is 5.91 Å². The van der Waals surface area contributed by atoms with Crippen LogP contribution in [0.25, 0.3) is 0 Å². The largest absolute Gasteiger partial charge is 0.305 e. The Hall–Kier alpha value is -1.65. The van der Waals surface area contributed by atoms with Gasteiger partial charge in [-0.1, -0.05) is 49.2 Å². The molecule has 1 N–H and O–H groups in total. The maximum atomic E-state index is 12.1. The number of aromatic nitrogens is 2. The van der Waals surface area contributed by atoms with Gasteiger partial charge in [0.05, 0.1) is 0 Å². The summed E-state index contributed by atoms with van der Waals surface area (Å²) in [5.74, 6) is 0.323. The minimum atomic E-state index is -0.294. The second-order valence-electron chi connectivity index (χ2n) is 4.56. The quantitative estimate of drug-likeness (QED) is 0.866. The lowest BCUT2D eigenvalue weighted by atomic mass is 10.0. The van der Waals surface area contributed by atoms with E-state index >= 15 is 0 Å². The van der Waals surface area contributed by atoms with Crippen LogP contribution in [0.15, 0.2) is 30.6 Å². The Bertz CT molecular complexity index is 627. The Balaban J connectivity index is 2.18. The first-order valence-electron chi connectivity index (χ1n) is 6.06. The van der Waals surface area contributed by atoms with Crippen molar-refractivity contribution in [3.8, 4) is 0 Å². The van der Waals surface area contributed by atoms with E-state index in [1.807, 2.05) is 12.1 Å². The molecule has 2 rings (SSSR count). The lowest BCUT2D eigenvalue weighted by Crippen LogP contribution is -2.13. The fourth-order valence-electron chi connectivity index (χ4n) is 1.63. The Labute approximate surface area is 127 Å². The van der Waals surface area contributed by atoms with Crippen LogP contribution in [0.2, 0.25) is 10.2 Å². The van der Waals surface area contributed by atoms with Crippen molar-refractivity contribution >= 4 is 34.9 Å². The van der Waals surface area contributed by atoms with Gasteiger partial charge in [0.15, 0.2) is 11.0 Å². The predicted octanol–water partition coefficient (Wildman–Crippen LogP) is 4.16. The van der Waals surface area contributed by atoms with Gasteiger partial charge >= 0.3 is 0 Å². The number of carbonyl (C=O) groups is 1. The van der Waals surface area contributed by atoms with E-state index in [2.05, 4.69) is 29.1 Å². The summed E-state index contributed by atoms with van der Waals surface area (Å²) in [5.41, 5.74) is 1.70. The molecule has 2 aromatic rings. The number of hydrogen-bond donors (Lipinski definition) is 1. The zero-order chi connectivity index (χ0) is 14.7. The van der Waals surface area contributed by atoms with Gasteiger partial charge in [-0.15, -0.1) is 0 Å². The number of carbonyl (C=O) groups excluding carboxylic acids is 1. The molecule has 0 atom stereocenters. The molecule has 0 aliphatic rings. The van der Waals surface area contributed by atoms with Crippen LogP contribution in [0, 0.1) is 0 Å². The van der Waals surface area contributed by atoms with Crippen molar-refractivity contribution in [1.82, 2.24) is 9.97 Å². The molecule has 0 saturated heterocycles. The number of rotatable bonds is 3. The van der Waals surface area contributed by atoms with Crippen LogP contribution in [0.3, 0.4) is 0 Å². The molecule has 0 saturated carbocycles. The van der Waals surface area contributed by atoms with Gasteiger partial charge in [0, 0.05) is 5.56 Å². The van der Waals surface area contributed by atoms with Crippen molar-refractivity contribution < 1.29 is 4.79 Å². The van der Waals surface area contributed by atoms with Crippen LogP contribution < -0.4 is 5.32 Å². The van der Waals surface area contributed by atoms with E-state index < -0.39 is 0 Å². The smallest absolute Gasteiger partial charge is 0.256 e. The van der Waals surface area contributed by atoms with E-state index in [9.17, 15) is 4.79 Å². The molecule has 104 valence electrons. The molecular weight excluding hydrogens is 297 g/mol. The van der Waals surface area contributed by atoms with Crippen LogP contribution in [-0.2, 0) is 0 Å². The lowest BCUT2D eigenvalue weighted by Gasteiger charge is -2.08. The Morgan fingerprint density at radius 2 is 1.80 bits per heavy atom. The molecule has 6 heteroatoms. The van der Waals surface area contributed by atoms with E-state index in [4.69, 9.17) is 23.2 Å². The topological polar surface area (TPSA) is 54.9 Å². The third-order valence-corrected chi connectivity index (χ3v) is 3.56. The van der Waals surface area contributed by atoms with Crippen molar-refractivity contribution in [2.45, 2.75) is 19.8 Å². The van der Waals surface area contributed by atoms with Gasteiger partial charge in [-0.05, 0) is 23.6 Å². The zero-order valence-corrected chi connectivity index (χ0v) is 12.5. The van der Waals surface area contributed by atoms with Gasteiger partial charge in [0.1, 0.15) is 11.3 Å². The van der Waals surface area contributed by atoms with Gasteiger partial charge in [-0.25, -0.2) is 9.97 Å². The summed E-state index contributed by atoms with van der Waals surface area (Å²) in [5, 5.41) is 2.84. The molecule has 1 heterocycles. The van der Waals surface area contributed by atoms with E-state index in [0.29, 0.717) is 11.5 Å². The molecular formula is C14H13Cl2N3O. The van der Waals surface area contributed by atoms with Gasteiger partial charge in [0.2, 0.25) is 0 Å². The highest BCUT2D eigenvalue weighted by atomic mass is 35.5. The van der Waals surface area contributed by atoms with E-state index in [0.717, 1.165) is 0 Å². The first-order chi connectivity index (χ1) is 9.49. The molecule has 0 fully saturated rings. The summed E-state index contributed by atoms with van der Waals surface area (Å²) in [6, 6.07) is 7.38. The number of halogens is 2. The molecule has 0 radical (unpaired) electrons. The molecule has 0 unspecified atom stereocenters. The highest BCUT2D eigenvalue weighted by molar-refractivity contribution is 6.43.